The maximum absolute atomic E-state index is 3.04. The maximum Gasteiger partial charge on any atom is 0.00136 e. The Hall–Kier alpha value is -0.350. The molecule has 0 radical (unpaired) electrons. The van der Waals surface area contributed by atoms with Crippen molar-refractivity contribution in [2.75, 3.05) is 0 Å². The molecule has 0 aromatic heterocycles. The molecule has 1 heteroatoms. The van der Waals surface area contributed by atoms with Crippen LogP contribution in [-0.2, 0) is 0 Å². The molecule has 0 nitrogen and oxygen atoms in total. The Kier molecular flexibility index (Phi) is 3.59. The fourth-order valence-corrected chi connectivity index (χ4v) is 3.05. The van der Waals surface area contributed by atoms with Crippen LogP contribution in [0.25, 0.3) is 0 Å². The van der Waals surface area contributed by atoms with Gasteiger partial charge in [-0.1, -0.05) is 49.6 Å². The Balaban J connectivity index is 2.03. The highest BCUT2D eigenvalue weighted by Gasteiger charge is 2.20. The van der Waals surface area contributed by atoms with Crippen molar-refractivity contribution in [3.63, 3.8) is 0 Å². The molecule has 1 aliphatic carbocycles. The zero-order valence-corrected chi connectivity index (χ0v) is 9.81. The Morgan fingerprint density at radius 2 is 1.64 bits per heavy atom. The van der Waals surface area contributed by atoms with E-state index in [-0.39, 0.29) is 0 Å². The van der Waals surface area contributed by atoms with E-state index >= 15 is 0 Å². The van der Waals surface area contributed by atoms with Crippen molar-refractivity contribution in [2.24, 2.45) is 5.92 Å². The van der Waals surface area contributed by atoms with Crippen LogP contribution in [0.2, 0.25) is 0 Å². The van der Waals surface area contributed by atoms with E-state index in [1.807, 2.05) is 0 Å². The quantitative estimate of drug-likeness (QED) is 0.637. The minimum atomic E-state index is 0.677. The minimum Gasteiger partial charge on any atom is -0.129 e. The minimum absolute atomic E-state index is 0.677. The van der Waals surface area contributed by atoms with Crippen molar-refractivity contribution in [2.45, 2.75) is 37.8 Å². The molecule has 76 valence electrons. The molecular weight excluding hydrogens is 187 g/mol. The van der Waals surface area contributed by atoms with Gasteiger partial charge in [0.2, 0.25) is 0 Å². The summed E-state index contributed by atoms with van der Waals surface area (Å²) in [5.74, 6) is 0.899. The van der Waals surface area contributed by atoms with Crippen molar-refractivity contribution in [1.82, 2.24) is 0 Å². The Bertz CT molecular complexity index is 262. The number of hydrogen-bond acceptors (Lipinski definition) is 0. The molecule has 14 heavy (non-hydrogen) atoms. The van der Waals surface area contributed by atoms with Crippen molar-refractivity contribution >= 4 is 9.24 Å². The fourth-order valence-electron chi connectivity index (χ4n) is 2.44. The molecule has 2 rings (SSSR count). The number of hydrogen-bond donors (Lipinski definition) is 0. The molecule has 0 spiro atoms. The van der Waals surface area contributed by atoms with Gasteiger partial charge >= 0.3 is 0 Å². The highest BCUT2D eigenvalue weighted by atomic mass is 31.0. The van der Waals surface area contributed by atoms with Crippen LogP contribution in [0.4, 0.5) is 0 Å². The second kappa shape index (κ2) is 4.94. The van der Waals surface area contributed by atoms with Crippen LogP contribution in [0.1, 0.15) is 43.3 Å². The van der Waals surface area contributed by atoms with E-state index in [9.17, 15) is 0 Å². The van der Waals surface area contributed by atoms with Crippen LogP contribution < -0.4 is 0 Å². The smallest absolute Gasteiger partial charge is 0.00136 e. The van der Waals surface area contributed by atoms with Gasteiger partial charge in [0.1, 0.15) is 0 Å². The summed E-state index contributed by atoms with van der Waals surface area (Å²) in [5, 5.41) is 0. The summed E-state index contributed by atoms with van der Waals surface area (Å²) in [6, 6.07) is 10.9. The van der Waals surface area contributed by atoms with E-state index in [1.165, 1.54) is 37.7 Å². The summed E-state index contributed by atoms with van der Waals surface area (Å²) in [4.78, 5) is 0. The molecule has 0 heterocycles. The molecule has 1 aliphatic rings. The number of rotatable bonds is 2. The molecule has 2 atom stereocenters. The van der Waals surface area contributed by atoms with Crippen LogP contribution in [-0.4, -0.2) is 0 Å². The molecule has 0 N–H and O–H groups in total. The average Bonchev–Trinajstić information content (AvgIpc) is 2.30. The molecule has 0 bridgehead atoms. The molecule has 2 unspecified atom stereocenters. The summed E-state index contributed by atoms with van der Waals surface area (Å²) in [6.07, 6.45) is 7.15. The lowest BCUT2D eigenvalue weighted by atomic mass is 9.84. The predicted octanol–water partition coefficient (Wildman–Crippen LogP) is 4.18. The molecular formula is C13H19P. The van der Waals surface area contributed by atoms with Gasteiger partial charge in [0.15, 0.2) is 0 Å². The van der Waals surface area contributed by atoms with Crippen LogP contribution in [0.15, 0.2) is 30.3 Å². The van der Waals surface area contributed by atoms with Crippen LogP contribution in [0.5, 0.6) is 0 Å². The summed E-state index contributed by atoms with van der Waals surface area (Å²) >= 11 is 0. The normalized spacial score (nSPS) is 20.6. The van der Waals surface area contributed by atoms with Gasteiger partial charge in [0.25, 0.3) is 0 Å². The standard InChI is InChI=1S/C13H19P/c14-13(11-7-3-1-4-8-11)12-9-5-2-6-10-12/h1,3-4,7-8,12-13H,2,5-6,9-10,14H2. The van der Waals surface area contributed by atoms with Crippen molar-refractivity contribution in [3.8, 4) is 0 Å². The molecule has 1 fully saturated rings. The summed E-state index contributed by atoms with van der Waals surface area (Å²) < 4.78 is 0. The third kappa shape index (κ3) is 2.36. The van der Waals surface area contributed by atoms with Crippen molar-refractivity contribution in [3.05, 3.63) is 35.9 Å². The van der Waals surface area contributed by atoms with Gasteiger partial charge in [-0.3, -0.25) is 0 Å². The maximum atomic E-state index is 3.04. The molecule has 1 aromatic carbocycles. The van der Waals surface area contributed by atoms with E-state index < -0.39 is 0 Å². The Morgan fingerprint density at radius 1 is 1.00 bits per heavy atom. The third-order valence-corrected chi connectivity index (χ3v) is 4.27. The van der Waals surface area contributed by atoms with Gasteiger partial charge in [-0.05, 0) is 24.3 Å². The lowest BCUT2D eigenvalue weighted by Gasteiger charge is -2.27. The van der Waals surface area contributed by atoms with Gasteiger partial charge < -0.3 is 0 Å². The second-order valence-corrected chi connectivity index (χ2v) is 5.05. The first-order valence-corrected chi connectivity index (χ1v) is 6.35. The third-order valence-electron chi connectivity index (χ3n) is 3.34. The van der Waals surface area contributed by atoms with Crippen LogP contribution in [0, 0.1) is 5.92 Å². The van der Waals surface area contributed by atoms with Gasteiger partial charge in [-0.25, -0.2) is 0 Å². The van der Waals surface area contributed by atoms with Crippen molar-refractivity contribution < 1.29 is 0 Å². The predicted molar refractivity (Wildman–Crippen MR) is 65.5 cm³/mol. The highest BCUT2D eigenvalue weighted by Crippen LogP contribution is 2.39. The van der Waals surface area contributed by atoms with E-state index in [0.29, 0.717) is 5.66 Å². The first-order chi connectivity index (χ1) is 6.88. The number of benzene rings is 1. The van der Waals surface area contributed by atoms with Gasteiger partial charge in [-0.2, -0.15) is 0 Å². The lowest BCUT2D eigenvalue weighted by Crippen LogP contribution is -2.11. The first kappa shape index (κ1) is 10.2. The van der Waals surface area contributed by atoms with E-state index in [2.05, 4.69) is 39.6 Å². The lowest BCUT2D eigenvalue weighted by molar-refractivity contribution is 0.351. The largest absolute Gasteiger partial charge is 0.129 e. The van der Waals surface area contributed by atoms with Crippen LogP contribution >= 0.6 is 9.24 Å². The monoisotopic (exact) mass is 206 g/mol. The van der Waals surface area contributed by atoms with Crippen molar-refractivity contribution in [1.29, 1.82) is 0 Å². The molecule has 0 aliphatic heterocycles. The average molecular weight is 206 g/mol. The zero-order chi connectivity index (χ0) is 9.80. The topological polar surface area (TPSA) is 0 Å². The summed E-state index contributed by atoms with van der Waals surface area (Å²) in [6.45, 7) is 0. The Morgan fingerprint density at radius 3 is 2.29 bits per heavy atom. The highest BCUT2D eigenvalue weighted by molar-refractivity contribution is 7.17. The summed E-state index contributed by atoms with van der Waals surface area (Å²) in [7, 11) is 3.04. The first-order valence-electron chi connectivity index (χ1n) is 5.68. The van der Waals surface area contributed by atoms with Gasteiger partial charge in [-0.15, -0.1) is 9.24 Å². The fraction of sp³-hybridized carbons (Fsp3) is 0.538. The van der Waals surface area contributed by atoms with Crippen LogP contribution in [0.3, 0.4) is 0 Å². The summed E-state index contributed by atoms with van der Waals surface area (Å²) in [5.41, 5.74) is 2.17. The molecule has 0 amide bonds. The van der Waals surface area contributed by atoms with Gasteiger partial charge in [0.05, 0.1) is 0 Å². The SMILES string of the molecule is PC(c1ccccc1)C1CCCCC1. The van der Waals surface area contributed by atoms with E-state index in [0.717, 1.165) is 5.92 Å². The molecule has 0 saturated heterocycles. The molecule has 1 aromatic rings. The Labute approximate surface area is 89.3 Å². The second-order valence-electron chi connectivity index (χ2n) is 4.33. The molecule has 1 saturated carbocycles. The van der Waals surface area contributed by atoms with Gasteiger partial charge in [0, 0.05) is 5.66 Å². The zero-order valence-electron chi connectivity index (χ0n) is 8.65. The van der Waals surface area contributed by atoms with E-state index in [1.54, 1.807) is 0 Å². The van der Waals surface area contributed by atoms with E-state index in [4.69, 9.17) is 0 Å².